The molecule has 0 spiro atoms. The third-order valence-electron chi connectivity index (χ3n) is 3.97. The van der Waals surface area contributed by atoms with Gasteiger partial charge in [0.1, 0.15) is 6.61 Å². The number of rotatable bonds is 10. The van der Waals surface area contributed by atoms with Crippen LogP contribution in [0.3, 0.4) is 0 Å². The highest BCUT2D eigenvalue weighted by molar-refractivity contribution is 7.91. The summed E-state index contributed by atoms with van der Waals surface area (Å²) in [6.07, 6.45) is -0.123. The Bertz CT molecular complexity index is 656. The molecular weight excluding hydrogens is 358 g/mol. The lowest BCUT2D eigenvalue weighted by molar-refractivity contribution is 0.0320. The van der Waals surface area contributed by atoms with E-state index in [1.807, 2.05) is 6.92 Å². The number of ether oxygens (including phenoxy) is 3. The average Bonchev–Trinajstić information content (AvgIpc) is 2.60. The van der Waals surface area contributed by atoms with Crippen molar-refractivity contribution >= 4 is 9.84 Å². The molecule has 1 aliphatic heterocycles. The lowest BCUT2D eigenvalue weighted by Crippen LogP contribution is -2.38. The predicted octanol–water partition coefficient (Wildman–Crippen LogP) is 1.34. The summed E-state index contributed by atoms with van der Waals surface area (Å²) in [6, 6.07) is 4.61. The summed E-state index contributed by atoms with van der Waals surface area (Å²) >= 11 is 0. The van der Waals surface area contributed by atoms with Gasteiger partial charge in [0.15, 0.2) is 21.3 Å². The molecule has 7 nitrogen and oxygen atoms in total. The van der Waals surface area contributed by atoms with Crippen molar-refractivity contribution in [3.63, 3.8) is 0 Å². The molecule has 0 radical (unpaired) electrons. The highest BCUT2D eigenvalue weighted by Gasteiger charge is 2.20. The van der Waals surface area contributed by atoms with E-state index >= 15 is 0 Å². The molecule has 1 heterocycles. The van der Waals surface area contributed by atoms with Gasteiger partial charge in [-0.25, -0.2) is 8.42 Å². The Morgan fingerprint density at radius 2 is 1.88 bits per heavy atom. The third-order valence-corrected chi connectivity index (χ3v) is 5.86. The molecule has 1 N–H and O–H groups in total. The first kappa shape index (κ1) is 21.0. The Morgan fingerprint density at radius 1 is 1.19 bits per heavy atom. The van der Waals surface area contributed by atoms with Crippen molar-refractivity contribution in [1.82, 2.24) is 4.90 Å². The first-order valence-electron chi connectivity index (χ1n) is 9.03. The zero-order valence-corrected chi connectivity index (χ0v) is 16.3. The van der Waals surface area contributed by atoms with Crippen LogP contribution in [0, 0.1) is 0 Å². The molecule has 0 aliphatic carbocycles. The highest BCUT2D eigenvalue weighted by atomic mass is 32.2. The molecule has 1 aliphatic rings. The van der Waals surface area contributed by atoms with Crippen molar-refractivity contribution in [3.8, 4) is 11.5 Å². The van der Waals surface area contributed by atoms with E-state index < -0.39 is 15.9 Å². The van der Waals surface area contributed by atoms with Crippen LogP contribution >= 0.6 is 0 Å². The van der Waals surface area contributed by atoms with Crippen molar-refractivity contribution in [2.45, 2.75) is 31.3 Å². The van der Waals surface area contributed by atoms with Gasteiger partial charge in [0, 0.05) is 25.7 Å². The van der Waals surface area contributed by atoms with Gasteiger partial charge in [-0.3, -0.25) is 4.90 Å². The lowest BCUT2D eigenvalue weighted by Gasteiger charge is -2.26. The van der Waals surface area contributed by atoms with E-state index in [9.17, 15) is 13.5 Å². The van der Waals surface area contributed by atoms with E-state index in [0.717, 1.165) is 39.3 Å². The Balaban J connectivity index is 2.06. The van der Waals surface area contributed by atoms with Gasteiger partial charge in [-0.15, -0.1) is 0 Å². The Kier molecular flexibility index (Phi) is 8.15. The number of hydrogen-bond donors (Lipinski definition) is 1. The molecule has 1 saturated heterocycles. The maximum Gasteiger partial charge on any atom is 0.181 e. The molecule has 0 amide bonds. The second-order valence-electron chi connectivity index (χ2n) is 6.39. The molecule has 1 aromatic rings. The van der Waals surface area contributed by atoms with Gasteiger partial charge in [0.25, 0.3) is 0 Å². The summed E-state index contributed by atoms with van der Waals surface area (Å²) < 4.78 is 41.5. The van der Waals surface area contributed by atoms with E-state index in [1.165, 1.54) is 19.1 Å². The molecule has 0 saturated carbocycles. The molecule has 0 aromatic heterocycles. The van der Waals surface area contributed by atoms with Gasteiger partial charge in [0.2, 0.25) is 0 Å². The number of hydrogen-bond acceptors (Lipinski definition) is 7. The molecule has 2 rings (SSSR count). The van der Waals surface area contributed by atoms with Crippen LogP contribution in [0.5, 0.6) is 11.5 Å². The van der Waals surface area contributed by atoms with Crippen molar-refractivity contribution < 1.29 is 27.7 Å². The fraction of sp³-hybridized carbons (Fsp3) is 0.667. The van der Waals surface area contributed by atoms with Crippen LogP contribution in [0.4, 0.5) is 0 Å². The zero-order chi connectivity index (χ0) is 19.0. The summed E-state index contributed by atoms with van der Waals surface area (Å²) in [5.74, 6) is 0.625. The van der Waals surface area contributed by atoms with Gasteiger partial charge in [0.05, 0.1) is 36.6 Å². The number of sulfone groups is 1. The van der Waals surface area contributed by atoms with Gasteiger partial charge < -0.3 is 19.3 Å². The normalized spacial score (nSPS) is 17.0. The Hall–Kier alpha value is -1.35. The number of benzene rings is 1. The van der Waals surface area contributed by atoms with Crippen LogP contribution in [0.1, 0.15) is 20.3 Å². The molecule has 0 bridgehead atoms. The van der Waals surface area contributed by atoms with E-state index in [4.69, 9.17) is 14.2 Å². The second kappa shape index (κ2) is 10.1. The van der Waals surface area contributed by atoms with Crippen LogP contribution in [0.2, 0.25) is 0 Å². The number of nitrogens with zero attached hydrogens (tertiary/aromatic N) is 1. The standard InChI is InChI=1S/C18H29NO6S/c1-3-9-24-18-13-16(26(21,22)14-15(2)20)4-5-17(18)25-12-8-19-6-10-23-11-7-19/h4-5,13,15,20H,3,6-12,14H2,1-2H3. The van der Waals surface area contributed by atoms with Crippen molar-refractivity contribution in [2.24, 2.45) is 0 Å². The van der Waals surface area contributed by atoms with E-state index in [2.05, 4.69) is 4.90 Å². The minimum absolute atomic E-state index is 0.130. The van der Waals surface area contributed by atoms with Gasteiger partial charge in [-0.1, -0.05) is 6.92 Å². The molecule has 8 heteroatoms. The van der Waals surface area contributed by atoms with Gasteiger partial charge in [-0.2, -0.15) is 0 Å². The smallest absolute Gasteiger partial charge is 0.181 e. The summed E-state index contributed by atoms with van der Waals surface area (Å²) in [6.45, 7) is 8.42. The first-order valence-corrected chi connectivity index (χ1v) is 10.7. The molecule has 148 valence electrons. The third kappa shape index (κ3) is 6.42. The summed E-state index contributed by atoms with van der Waals surface area (Å²) in [4.78, 5) is 2.39. The molecule has 1 fully saturated rings. The summed E-state index contributed by atoms with van der Waals surface area (Å²) in [7, 11) is -3.57. The van der Waals surface area contributed by atoms with E-state index in [1.54, 1.807) is 6.07 Å². The fourth-order valence-electron chi connectivity index (χ4n) is 2.65. The predicted molar refractivity (Wildman–Crippen MR) is 98.7 cm³/mol. The SMILES string of the molecule is CCCOc1cc(S(=O)(=O)CC(C)O)ccc1OCCN1CCOCC1. The van der Waals surface area contributed by atoms with Crippen molar-refractivity contribution in [1.29, 1.82) is 0 Å². The van der Waals surface area contributed by atoms with Crippen molar-refractivity contribution in [3.05, 3.63) is 18.2 Å². The first-order chi connectivity index (χ1) is 12.4. The van der Waals surface area contributed by atoms with Crippen LogP contribution < -0.4 is 9.47 Å². The maximum absolute atomic E-state index is 12.3. The molecule has 26 heavy (non-hydrogen) atoms. The van der Waals surface area contributed by atoms with E-state index in [0.29, 0.717) is 24.7 Å². The number of aliphatic hydroxyl groups is 1. The minimum Gasteiger partial charge on any atom is -0.490 e. The Morgan fingerprint density at radius 3 is 2.54 bits per heavy atom. The molecular formula is C18H29NO6S. The number of morpholine rings is 1. The quantitative estimate of drug-likeness (QED) is 0.648. The van der Waals surface area contributed by atoms with E-state index in [-0.39, 0.29) is 10.6 Å². The Labute approximate surface area is 155 Å². The topological polar surface area (TPSA) is 85.3 Å². The molecule has 1 unspecified atom stereocenters. The maximum atomic E-state index is 12.3. The zero-order valence-electron chi connectivity index (χ0n) is 15.5. The molecule has 1 aromatic carbocycles. The summed E-state index contributed by atoms with van der Waals surface area (Å²) in [5, 5.41) is 9.41. The highest BCUT2D eigenvalue weighted by Crippen LogP contribution is 2.31. The minimum atomic E-state index is -3.57. The summed E-state index contributed by atoms with van der Waals surface area (Å²) in [5.41, 5.74) is 0. The van der Waals surface area contributed by atoms with Gasteiger partial charge in [-0.05, 0) is 25.5 Å². The lowest BCUT2D eigenvalue weighted by atomic mass is 10.3. The number of aliphatic hydroxyl groups excluding tert-OH is 1. The van der Waals surface area contributed by atoms with Crippen LogP contribution in [0.15, 0.2) is 23.1 Å². The van der Waals surface area contributed by atoms with Gasteiger partial charge >= 0.3 is 0 Å². The largest absolute Gasteiger partial charge is 0.490 e. The monoisotopic (exact) mass is 387 g/mol. The van der Waals surface area contributed by atoms with Crippen LogP contribution in [0.25, 0.3) is 0 Å². The van der Waals surface area contributed by atoms with Crippen molar-refractivity contribution in [2.75, 3.05) is 51.8 Å². The fourth-order valence-corrected chi connectivity index (χ4v) is 4.04. The second-order valence-corrected chi connectivity index (χ2v) is 8.42. The average molecular weight is 387 g/mol. The van der Waals surface area contributed by atoms with Crippen LogP contribution in [-0.2, 0) is 14.6 Å². The van der Waals surface area contributed by atoms with Crippen LogP contribution in [-0.4, -0.2) is 76.3 Å². The molecule has 1 atom stereocenters.